The molecule has 2 fully saturated rings. The summed E-state index contributed by atoms with van der Waals surface area (Å²) < 4.78 is 7.96. The molecule has 2 saturated heterocycles. The van der Waals surface area contributed by atoms with E-state index in [1.165, 1.54) is 11.8 Å². The first-order valence-corrected chi connectivity index (χ1v) is 12.4. The molecule has 33 heavy (non-hydrogen) atoms. The highest BCUT2D eigenvalue weighted by Crippen LogP contribution is 2.31. The maximum Gasteiger partial charge on any atom is 0.233 e. The number of nitrogens with two attached hydrogens (primary N) is 1. The van der Waals surface area contributed by atoms with Gasteiger partial charge in [0.1, 0.15) is 0 Å². The number of piperidine rings is 1. The molecule has 2 amide bonds. The van der Waals surface area contributed by atoms with Gasteiger partial charge >= 0.3 is 0 Å². The van der Waals surface area contributed by atoms with Gasteiger partial charge in [-0.05, 0) is 31.7 Å². The van der Waals surface area contributed by atoms with Crippen LogP contribution in [0.1, 0.15) is 25.7 Å². The minimum Gasteiger partial charge on any atom is -0.376 e. The smallest absolute Gasteiger partial charge is 0.233 e. The summed E-state index contributed by atoms with van der Waals surface area (Å²) >= 11 is 1.38. The molecule has 0 spiro atoms. The zero-order valence-electron chi connectivity index (χ0n) is 18.4. The van der Waals surface area contributed by atoms with Gasteiger partial charge in [0.25, 0.3) is 0 Å². The van der Waals surface area contributed by atoms with E-state index in [4.69, 9.17) is 10.5 Å². The Hall–Kier alpha value is -2.85. The molecule has 0 radical (unpaired) electrons. The van der Waals surface area contributed by atoms with Crippen molar-refractivity contribution in [3.63, 3.8) is 0 Å². The van der Waals surface area contributed by atoms with Crippen LogP contribution in [0.25, 0.3) is 22.3 Å². The van der Waals surface area contributed by atoms with Gasteiger partial charge in [-0.1, -0.05) is 30.0 Å². The van der Waals surface area contributed by atoms with Crippen LogP contribution in [-0.4, -0.2) is 68.0 Å². The van der Waals surface area contributed by atoms with Gasteiger partial charge in [-0.3, -0.25) is 14.2 Å². The first-order chi connectivity index (χ1) is 16.1. The van der Waals surface area contributed by atoms with Crippen LogP contribution in [0.3, 0.4) is 0 Å². The van der Waals surface area contributed by atoms with Gasteiger partial charge in [0.05, 0.1) is 24.3 Å². The zero-order valence-corrected chi connectivity index (χ0v) is 19.2. The number of carbonyl (C=O) groups excluding carboxylic acids is 2. The summed E-state index contributed by atoms with van der Waals surface area (Å²) in [5.74, 6) is 0.406. The summed E-state index contributed by atoms with van der Waals surface area (Å²) in [5, 5.41) is 10.7. The number of hydrogen-bond donors (Lipinski definition) is 2. The highest BCUT2D eigenvalue weighted by atomic mass is 32.2. The topological polar surface area (TPSA) is 119 Å². The Bertz CT molecular complexity index is 1150. The molecule has 5 rings (SSSR count). The minimum atomic E-state index is -0.333. The van der Waals surface area contributed by atoms with Crippen LogP contribution in [0.4, 0.5) is 0 Å². The van der Waals surface area contributed by atoms with Crippen LogP contribution in [0.15, 0.2) is 35.6 Å². The number of amides is 2. The van der Waals surface area contributed by atoms with Crippen LogP contribution in [0.5, 0.6) is 0 Å². The number of nitrogens with one attached hydrogen (secondary N) is 1. The molecule has 2 aliphatic heterocycles. The molecule has 4 heterocycles. The lowest BCUT2D eigenvalue weighted by Gasteiger charge is -2.31. The number of fused-ring (bicyclic) bond motifs is 1. The predicted octanol–water partition coefficient (Wildman–Crippen LogP) is 2.42. The van der Waals surface area contributed by atoms with E-state index in [2.05, 4.69) is 25.8 Å². The van der Waals surface area contributed by atoms with Gasteiger partial charge in [-0.15, -0.1) is 10.2 Å². The summed E-state index contributed by atoms with van der Waals surface area (Å²) in [6.07, 6.45) is 5.65. The minimum absolute atomic E-state index is 0.00809. The number of H-pyrrole nitrogens is 1. The van der Waals surface area contributed by atoms with E-state index < -0.39 is 0 Å². The largest absolute Gasteiger partial charge is 0.376 e. The number of thioether (sulfide) groups is 1. The molecular weight excluding hydrogens is 440 g/mol. The van der Waals surface area contributed by atoms with E-state index >= 15 is 0 Å². The van der Waals surface area contributed by atoms with E-state index in [0.29, 0.717) is 24.8 Å². The Labute approximate surface area is 196 Å². The van der Waals surface area contributed by atoms with Crippen LogP contribution in [0, 0.1) is 5.92 Å². The molecule has 3 aromatic rings. The zero-order chi connectivity index (χ0) is 22.8. The van der Waals surface area contributed by atoms with E-state index in [0.717, 1.165) is 54.6 Å². The number of primary amides is 1. The highest BCUT2D eigenvalue weighted by molar-refractivity contribution is 7.99. The van der Waals surface area contributed by atoms with Crippen molar-refractivity contribution in [2.45, 2.75) is 43.5 Å². The summed E-state index contributed by atoms with van der Waals surface area (Å²) in [6, 6.07) is 8.10. The maximum atomic E-state index is 12.9. The summed E-state index contributed by atoms with van der Waals surface area (Å²) in [6.45, 7) is 2.47. The Kier molecular flexibility index (Phi) is 6.37. The lowest BCUT2D eigenvalue weighted by molar-refractivity contribution is -0.132. The number of hydrogen-bond acceptors (Lipinski definition) is 6. The molecule has 0 bridgehead atoms. The molecule has 3 N–H and O–H groups in total. The molecule has 2 aromatic heterocycles. The van der Waals surface area contributed by atoms with Crippen molar-refractivity contribution in [1.82, 2.24) is 24.6 Å². The number of para-hydroxylation sites is 1. The summed E-state index contributed by atoms with van der Waals surface area (Å²) in [4.78, 5) is 29.5. The number of benzene rings is 1. The number of ether oxygens (including phenoxy) is 1. The van der Waals surface area contributed by atoms with Crippen molar-refractivity contribution in [3.8, 4) is 11.4 Å². The van der Waals surface area contributed by atoms with Crippen molar-refractivity contribution in [2.24, 2.45) is 11.7 Å². The third-order valence-corrected chi connectivity index (χ3v) is 7.41. The van der Waals surface area contributed by atoms with Crippen LogP contribution < -0.4 is 5.73 Å². The molecule has 0 saturated carbocycles. The maximum absolute atomic E-state index is 12.9. The van der Waals surface area contributed by atoms with Gasteiger partial charge < -0.3 is 20.4 Å². The number of carbonyl (C=O) groups is 2. The van der Waals surface area contributed by atoms with Crippen molar-refractivity contribution < 1.29 is 14.3 Å². The van der Waals surface area contributed by atoms with Crippen molar-refractivity contribution in [2.75, 3.05) is 25.4 Å². The summed E-state index contributed by atoms with van der Waals surface area (Å²) in [5.41, 5.74) is 7.48. The van der Waals surface area contributed by atoms with E-state index in [-0.39, 0.29) is 29.6 Å². The first-order valence-electron chi connectivity index (χ1n) is 11.4. The quantitative estimate of drug-likeness (QED) is 0.514. The van der Waals surface area contributed by atoms with Gasteiger partial charge in [0.2, 0.25) is 11.8 Å². The number of nitrogens with zero attached hydrogens (tertiary/aromatic N) is 4. The fourth-order valence-electron chi connectivity index (χ4n) is 4.66. The van der Waals surface area contributed by atoms with E-state index in [1.54, 1.807) is 4.90 Å². The summed E-state index contributed by atoms with van der Waals surface area (Å²) in [7, 11) is 0. The molecule has 2 aliphatic rings. The lowest BCUT2D eigenvalue weighted by atomic mass is 9.97. The molecule has 9 nitrogen and oxygen atoms in total. The normalized spacial score (nSPS) is 21.0. The van der Waals surface area contributed by atoms with Crippen molar-refractivity contribution in [3.05, 3.63) is 30.5 Å². The second-order valence-corrected chi connectivity index (χ2v) is 9.61. The highest BCUT2D eigenvalue weighted by Gasteiger charge is 2.28. The average molecular weight is 469 g/mol. The standard InChI is InChI=1S/C23H28N6O3S/c24-21(31)15-5-3-9-28(12-15)20(30)14-33-23-27-26-22(29(23)13-16-6-4-10-32-16)18-11-25-19-8-2-1-7-17(18)19/h1-2,7-8,11,15-16,25H,3-6,9-10,12-14H2,(H2,24,31). The van der Waals surface area contributed by atoms with Crippen LogP contribution in [-0.2, 0) is 20.9 Å². The predicted molar refractivity (Wildman–Crippen MR) is 126 cm³/mol. The molecule has 2 atom stereocenters. The SMILES string of the molecule is NC(=O)C1CCCN(C(=O)CSc2nnc(-c3c[nH]c4ccccc34)n2CC2CCCO2)C1. The number of aromatic nitrogens is 4. The molecule has 1 aromatic carbocycles. The average Bonchev–Trinajstić information content (AvgIpc) is 3.58. The Morgan fingerprint density at radius 3 is 2.91 bits per heavy atom. The fourth-order valence-corrected chi connectivity index (χ4v) is 5.51. The number of rotatable bonds is 7. The Morgan fingerprint density at radius 2 is 2.09 bits per heavy atom. The van der Waals surface area contributed by atoms with Crippen molar-refractivity contribution >= 4 is 34.5 Å². The molecule has 174 valence electrons. The van der Waals surface area contributed by atoms with Crippen molar-refractivity contribution in [1.29, 1.82) is 0 Å². The Balaban J connectivity index is 1.37. The molecule has 0 aliphatic carbocycles. The molecular formula is C23H28N6O3S. The van der Waals surface area contributed by atoms with Gasteiger partial charge in [-0.25, -0.2) is 0 Å². The monoisotopic (exact) mass is 468 g/mol. The Morgan fingerprint density at radius 1 is 1.21 bits per heavy atom. The third kappa shape index (κ3) is 4.63. The van der Waals surface area contributed by atoms with Gasteiger partial charge in [-0.2, -0.15) is 0 Å². The second kappa shape index (κ2) is 9.56. The van der Waals surface area contributed by atoms with E-state index in [9.17, 15) is 9.59 Å². The molecule has 2 unspecified atom stereocenters. The van der Waals surface area contributed by atoms with Crippen LogP contribution >= 0.6 is 11.8 Å². The number of likely N-dealkylation sites (tertiary alicyclic amines) is 1. The van der Waals surface area contributed by atoms with Gasteiger partial charge in [0, 0.05) is 42.4 Å². The number of aromatic amines is 1. The third-order valence-electron chi connectivity index (χ3n) is 6.46. The lowest BCUT2D eigenvalue weighted by Crippen LogP contribution is -2.44. The van der Waals surface area contributed by atoms with E-state index in [1.807, 2.05) is 24.4 Å². The van der Waals surface area contributed by atoms with Gasteiger partial charge in [0.15, 0.2) is 11.0 Å². The fraction of sp³-hybridized carbons (Fsp3) is 0.478. The first kappa shape index (κ1) is 22.0. The molecule has 10 heteroatoms. The van der Waals surface area contributed by atoms with Crippen LogP contribution in [0.2, 0.25) is 0 Å². The second-order valence-electron chi connectivity index (χ2n) is 8.67.